The molecule has 2 saturated heterocycles. The van der Waals surface area contributed by atoms with E-state index in [1.807, 2.05) is 74.4 Å². The molecule has 3 aromatic carbocycles. The van der Waals surface area contributed by atoms with E-state index in [2.05, 4.69) is 25.5 Å². The summed E-state index contributed by atoms with van der Waals surface area (Å²) in [5.41, 5.74) is 3.14. The Morgan fingerprint density at radius 2 is 1.68 bits per heavy atom. The predicted octanol–water partition coefficient (Wildman–Crippen LogP) is 6.24. The van der Waals surface area contributed by atoms with Crippen LogP contribution in [0.3, 0.4) is 0 Å². The molecular weight excluding hydrogens is 891 g/mol. The molecule has 7 rings (SSSR count). The Bertz CT molecular complexity index is 2450. The van der Waals surface area contributed by atoms with Crippen molar-refractivity contribution in [2.45, 2.75) is 69.7 Å². The Morgan fingerprint density at radius 1 is 0.938 bits per heavy atom. The number of nitrogens with zero attached hydrogens (tertiary/aromatic N) is 6. The van der Waals surface area contributed by atoms with E-state index in [1.165, 1.54) is 4.90 Å². The van der Waals surface area contributed by atoms with Crippen molar-refractivity contribution in [1.82, 2.24) is 39.9 Å². The first-order valence-electron chi connectivity index (χ1n) is 21.4. The number of fused-ring (bicyclic) bond motifs is 2. The summed E-state index contributed by atoms with van der Waals surface area (Å²) >= 11 is 12.7. The lowest BCUT2D eigenvalue weighted by Gasteiger charge is -2.45. The minimum Gasteiger partial charge on any atom is -0.457 e. The molecule has 3 N–H and O–H groups in total. The van der Waals surface area contributed by atoms with Gasteiger partial charge in [-0.1, -0.05) is 47.5 Å². The molecule has 4 unspecified atom stereocenters. The molecule has 0 aliphatic carbocycles. The Balaban J connectivity index is 0.00000700. The third-order valence-electron chi connectivity index (χ3n) is 12.0. The molecule has 2 aliphatic rings. The maximum Gasteiger partial charge on any atom is 0.245 e. The van der Waals surface area contributed by atoms with Gasteiger partial charge in [-0.25, -0.2) is 4.98 Å². The summed E-state index contributed by atoms with van der Waals surface area (Å²) < 4.78 is 8.48. The van der Waals surface area contributed by atoms with Crippen molar-refractivity contribution in [3.05, 3.63) is 130 Å². The highest BCUT2D eigenvalue weighted by Crippen LogP contribution is 2.33. The quantitative estimate of drug-likeness (QED) is 0.132. The fourth-order valence-corrected chi connectivity index (χ4v) is 8.85. The number of hydrogen-bond acceptors (Lipinski definition) is 9. The summed E-state index contributed by atoms with van der Waals surface area (Å²) in [4.78, 5) is 72.0. The highest BCUT2D eigenvalue weighted by molar-refractivity contribution is 6.31. The summed E-state index contributed by atoms with van der Waals surface area (Å²) in [6, 6.07) is 21.0. The van der Waals surface area contributed by atoms with Gasteiger partial charge in [0.15, 0.2) is 0 Å². The van der Waals surface area contributed by atoms with E-state index in [9.17, 15) is 24.3 Å². The molecule has 65 heavy (non-hydrogen) atoms. The number of carbonyl (C=O) groups is 4. The summed E-state index contributed by atoms with van der Waals surface area (Å²) in [5, 5.41) is 17.3. The van der Waals surface area contributed by atoms with Crippen LogP contribution in [-0.4, -0.2) is 109 Å². The molecule has 344 valence electrons. The van der Waals surface area contributed by atoms with Crippen molar-refractivity contribution in [3.63, 3.8) is 0 Å². The van der Waals surface area contributed by atoms with E-state index in [0.717, 1.165) is 28.2 Å². The van der Waals surface area contributed by atoms with E-state index in [0.29, 0.717) is 59.5 Å². The van der Waals surface area contributed by atoms with E-state index >= 15 is 0 Å². The molecule has 17 heteroatoms. The van der Waals surface area contributed by atoms with Crippen molar-refractivity contribution >= 4 is 59.2 Å². The number of amides is 4. The van der Waals surface area contributed by atoms with Crippen molar-refractivity contribution < 1.29 is 29.0 Å². The number of rotatable bonds is 12. The van der Waals surface area contributed by atoms with Gasteiger partial charge in [-0.15, -0.1) is 12.4 Å². The number of ether oxygens (including phenoxy) is 1. The number of piperidine rings is 1. The fraction of sp³-hybridized carbons (Fsp3) is 0.375. The number of aromatic nitrogens is 3. The zero-order chi connectivity index (χ0) is 45.5. The second-order valence-corrected chi connectivity index (χ2v) is 18.0. The lowest BCUT2D eigenvalue weighted by atomic mass is 9.81. The summed E-state index contributed by atoms with van der Waals surface area (Å²) in [7, 11) is 5.96. The Kier molecular flexibility index (Phi) is 16.3. The van der Waals surface area contributed by atoms with Crippen LogP contribution in [0.1, 0.15) is 48.7 Å². The molecule has 14 nitrogen and oxygen atoms in total. The first-order valence-corrected chi connectivity index (χ1v) is 22.1. The highest BCUT2D eigenvalue weighted by Gasteiger charge is 2.43. The Morgan fingerprint density at radius 3 is 2.37 bits per heavy atom. The molecule has 5 aromatic rings. The third-order valence-corrected chi connectivity index (χ3v) is 12.5. The van der Waals surface area contributed by atoms with Crippen molar-refractivity contribution in [2.75, 3.05) is 33.8 Å². The SMILES string of the molecule is CC1C(=O)NC(CO)C(=O)NC2(Cc3ccc(Cl)cc3)CCCN(C2)C(=O)C(Cc2cccnc2)CC(=O)N1Cc1ccc(Cl)cc1Oc1ccc(-c2cnc(CN(C)C)n2C)cc1.Cl. The molecule has 4 heterocycles. The number of imidazole rings is 1. The van der Waals surface area contributed by atoms with E-state index < -0.39 is 47.9 Å². The number of nitrogens with one attached hydrogen (secondary N) is 2. The third kappa shape index (κ3) is 12.0. The minimum absolute atomic E-state index is 0. The van der Waals surface area contributed by atoms with Crippen LogP contribution in [0.4, 0.5) is 0 Å². The molecule has 4 atom stereocenters. The van der Waals surface area contributed by atoms with Crippen LogP contribution < -0.4 is 15.4 Å². The lowest BCUT2D eigenvalue weighted by Crippen LogP contribution is -2.65. The first-order chi connectivity index (χ1) is 30.7. The van der Waals surface area contributed by atoms with Gasteiger partial charge in [-0.2, -0.15) is 0 Å². The van der Waals surface area contributed by atoms with Crippen LogP contribution >= 0.6 is 35.6 Å². The Labute approximate surface area is 395 Å². The number of pyridine rings is 1. The van der Waals surface area contributed by atoms with E-state index in [4.69, 9.17) is 27.9 Å². The molecular formula is C48H55Cl3N8O6. The zero-order valence-electron chi connectivity index (χ0n) is 36.9. The number of aliphatic hydroxyl groups is 1. The van der Waals surface area contributed by atoms with Gasteiger partial charge >= 0.3 is 0 Å². The van der Waals surface area contributed by atoms with Gasteiger partial charge in [0, 0.05) is 60.1 Å². The smallest absolute Gasteiger partial charge is 0.245 e. The number of hydrogen-bond donors (Lipinski definition) is 3. The zero-order valence-corrected chi connectivity index (χ0v) is 39.2. The molecule has 4 amide bonds. The van der Waals surface area contributed by atoms with Gasteiger partial charge in [0.1, 0.15) is 29.4 Å². The van der Waals surface area contributed by atoms with Crippen molar-refractivity contribution in [1.29, 1.82) is 0 Å². The standard InChI is InChI=1S/C48H54Cl2N8O6.ClH/c1-31-45(61)53-40(29-59)46(62)54-48(24-32-8-13-37(49)14-9-32)18-6-20-57(30-48)47(63)36(21-33-7-5-19-51-25-33)22-44(60)58(31)27-35-10-15-38(50)23-42(35)64-39-16-11-34(12-17-39)41-26-52-43(56(41)4)28-55(2)3;/h5,7-17,19,23,25-26,31,36,40,59H,6,18,20-22,24,27-30H2,1-4H3,(H,53,61)(H,54,62);1H. The molecule has 2 aromatic heterocycles. The summed E-state index contributed by atoms with van der Waals surface area (Å²) in [6.45, 7) is 2.01. The van der Waals surface area contributed by atoms with Gasteiger partial charge < -0.3 is 39.7 Å². The maximum atomic E-state index is 14.9. The molecule has 2 bridgehead atoms. The molecule has 0 radical (unpaired) electrons. The second kappa shape index (κ2) is 21.7. The topological polar surface area (TPSA) is 162 Å². The summed E-state index contributed by atoms with van der Waals surface area (Å²) in [5.74, 6) is -1.03. The van der Waals surface area contributed by atoms with E-state index in [-0.39, 0.29) is 44.2 Å². The molecule has 2 fully saturated rings. The fourth-order valence-electron chi connectivity index (χ4n) is 8.56. The van der Waals surface area contributed by atoms with Crippen LogP contribution in [0.5, 0.6) is 11.5 Å². The van der Waals surface area contributed by atoms with Gasteiger partial charge in [0.2, 0.25) is 23.6 Å². The minimum atomic E-state index is -1.34. The second-order valence-electron chi connectivity index (χ2n) is 17.1. The molecule has 0 saturated carbocycles. The van der Waals surface area contributed by atoms with Gasteiger partial charge in [0.25, 0.3) is 0 Å². The largest absolute Gasteiger partial charge is 0.457 e. The van der Waals surface area contributed by atoms with Crippen LogP contribution in [0, 0.1) is 5.92 Å². The van der Waals surface area contributed by atoms with Gasteiger partial charge in [-0.3, -0.25) is 24.2 Å². The number of aliphatic hydroxyl groups excluding tert-OH is 1. The number of benzene rings is 3. The van der Waals surface area contributed by atoms with E-state index in [1.54, 1.807) is 60.6 Å². The normalized spacial score (nSPS) is 20.8. The average Bonchev–Trinajstić information content (AvgIpc) is 3.63. The lowest BCUT2D eigenvalue weighted by molar-refractivity contribution is -0.147. The van der Waals surface area contributed by atoms with Crippen molar-refractivity contribution in [2.24, 2.45) is 13.0 Å². The first kappa shape index (κ1) is 48.9. The predicted molar refractivity (Wildman–Crippen MR) is 252 cm³/mol. The molecule has 2 aliphatic heterocycles. The van der Waals surface area contributed by atoms with Crippen LogP contribution in [0.15, 0.2) is 97.5 Å². The molecule has 0 spiro atoms. The average molecular weight is 946 g/mol. The number of carbonyl (C=O) groups excluding carboxylic acids is 4. The monoisotopic (exact) mass is 944 g/mol. The van der Waals surface area contributed by atoms with Crippen LogP contribution in [-0.2, 0) is 52.2 Å². The summed E-state index contributed by atoms with van der Waals surface area (Å²) in [6.07, 6.45) is 6.61. The van der Waals surface area contributed by atoms with Crippen LogP contribution in [0.2, 0.25) is 10.0 Å². The maximum absolute atomic E-state index is 14.9. The van der Waals surface area contributed by atoms with Crippen molar-refractivity contribution in [3.8, 4) is 22.8 Å². The van der Waals surface area contributed by atoms with Crippen LogP contribution in [0.25, 0.3) is 11.3 Å². The van der Waals surface area contributed by atoms with Gasteiger partial charge in [0.05, 0.1) is 43.0 Å². The highest BCUT2D eigenvalue weighted by atomic mass is 35.5. The number of halogens is 3. The Hall–Kier alpha value is -5.51. The van der Waals surface area contributed by atoms with Gasteiger partial charge in [-0.05, 0) is 112 Å².